The van der Waals surface area contributed by atoms with Crippen LogP contribution in [0.1, 0.15) is 122 Å². The summed E-state index contributed by atoms with van der Waals surface area (Å²) in [6.45, 7) is 12.4. The predicted molar refractivity (Wildman–Crippen MR) is 147 cm³/mol. The number of aliphatic carboxylic acids is 1. The van der Waals surface area contributed by atoms with Crippen molar-refractivity contribution in [3.8, 4) is 11.5 Å². The number of nitrogens with two attached hydrogens (primary N) is 1. The molecule has 5 heteroatoms. The fraction of sp³-hybridized carbons (Fsp3) is 0.710. The molecule has 36 heavy (non-hydrogen) atoms. The zero-order valence-electron chi connectivity index (χ0n) is 23.3. The predicted octanol–water partition coefficient (Wildman–Crippen LogP) is 7.51. The zero-order chi connectivity index (χ0) is 26.3. The summed E-state index contributed by atoms with van der Waals surface area (Å²) in [4.78, 5) is 11.9. The summed E-state index contributed by atoms with van der Waals surface area (Å²) in [5, 5.41) is 9.74. The molecule has 0 fully saturated rings. The number of allylic oxidation sites excluding steroid dienone is 1. The number of hydrogen-bond acceptors (Lipinski definition) is 4. The second-order valence-electron chi connectivity index (χ2n) is 12.0. The Morgan fingerprint density at radius 3 is 2.56 bits per heavy atom. The van der Waals surface area contributed by atoms with Crippen molar-refractivity contribution in [1.29, 1.82) is 0 Å². The van der Waals surface area contributed by atoms with Crippen molar-refractivity contribution in [1.82, 2.24) is 0 Å². The molecule has 0 saturated heterocycles. The van der Waals surface area contributed by atoms with E-state index in [9.17, 15) is 9.90 Å². The van der Waals surface area contributed by atoms with Crippen molar-refractivity contribution in [3.05, 3.63) is 34.9 Å². The summed E-state index contributed by atoms with van der Waals surface area (Å²) in [6, 6.07) is 4.44. The highest BCUT2D eigenvalue weighted by Crippen LogP contribution is 2.55. The van der Waals surface area contributed by atoms with E-state index >= 15 is 0 Å². The molecule has 0 radical (unpaired) electrons. The molecule has 2 aliphatic rings. The van der Waals surface area contributed by atoms with Gasteiger partial charge in [-0.3, -0.25) is 0 Å². The van der Waals surface area contributed by atoms with Crippen molar-refractivity contribution in [3.63, 3.8) is 0 Å². The second kappa shape index (κ2) is 12.5. The molecule has 1 heterocycles. The standard InChI is InChI=1S/C31H49NO4/c1-6-7-8-9-10-11-16-30(2,3)23-20-26(35-18-13-12-17-32)28-24-19-22(29(33)34)14-15-25(24)31(4,5)36-27(28)21-23/h14,20-21,24-25H,6-13,15-19,32H2,1-5H3,(H,33,34)/t24-,25-/m1/s1. The number of ether oxygens (including phenoxy) is 2. The van der Waals surface area contributed by atoms with E-state index in [0.717, 1.165) is 36.3 Å². The van der Waals surface area contributed by atoms with Gasteiger partial charge in [0.25, 0.3) is 0 Å². The summed E-state index contributed by atoms with van der Waals surface area (Å²) < 4.78 is 13.1. The molecule has 0 spiro atoms. The smallest absolute Gasteiger partial charge is 0.331 e. The highest BCUT2D eigenvalue weighted by Gasteiger charge is 2.47. The Bertz CT molecular complexity index is 917. The molecule has 5 nitrogen and oxygen atoms in total. The van der Waals surface area contributed by atoms with Crippen LogP contribution in [0.4, 0.5) is 0 Å². The maximum Gasteiger partial charge on any atom is 0.331 e. The van der Waals surface area contributed by atoms with Gasteiger partial charge in [-0.1, -0.05) is 65.4 Å². The van der Waals surface area contributed by atoms with Gasteiger partial charge in [0, 0.05) is 23.0 Å². The Morgan fingerprint density at radius 2 is 1.86 bits per heavy atom. The summed E-state index contributed by atoms with van der Waals surface area (Å²) >= 11 is 0. The number of carboxylic acid groups (broad SMARTS) is 1. The van der Waals surface area contributed by atoms with Crippen LogP contribution in [-0.4, -0.2) is 29.8 Å². The number of rotatable bonds is 14. The van der Waals surface area contributed by atoms with E-state index in [0.29, 0.717) is 31.6 Å². The van der Waals surface area contributed by atoms with Gasteiger partial charge in [-0.05, 0) is 75.6 Å². The number of unbranched alkanes of at least 4 members (excludes halogenated alkanes) is 6. The van der Waals surface area contributed by atoms with Crippen LogP contribution in [-0.2, 0) is 10.2 Å². The molecule has 0 bridgehead atoms. The summed E-state index contributed by atoms with van der Waals surface area (Å²) in [6.07, 6.45) is 13.8. The van der Waals surface area contributed by atoms with Gasteiger partial charge in [0.05, 0.1) is 6.61 Å². The summed E-state index contributed by atoms with van der Waals surface area (Å²) in [7, 11) is 0. The molecule has 0 amide bonds. The number of fused-ring (bicyclic) bond motifs is 3. The lowest BCUT2D eigenvalue weighted by Crippen LogP contribution is -2.46. The average molecular weight is 500 g/mol. The van der Waals surface area contributed by atoms with Gasteiger partial charge >= 0.3 is 5.97 Å². The van der Waals surface area contributed by atoms with Crippen LogP contribution < -0.4 is 15.2 Å². The Morgan fingerprint density at radius 1 is 1.14 bits per heavy atom. The van der Waals surface area contributed by atoms with Gasteiger partial charge in [0.2, 0.25) is 0 Å². The summed E-state index contributed by atoms with van der Waals surface area (Å²) in [5.41, 5.74) is 8.12. The van der Waals surface area contributed by atoms with E-state index in [-0.39, 0.29) is 22.9 Å². The van der Waals surface area contributed by atoms with E-state index in [1.54, 1.807) is 0 Å². The van der Waals surface area contributed by atoms with Crippen molar-refractivity contribution < 1.29 is 19.4 Å². The Hall–Kier alpha value is -2.01. The van der Waals surface area contributed by atoms with Gasteiger partial charge in [-0.15, -0.1) is 0 Å². The van der Waals surface area contributed by atoms with Gasteiger partial charge in [-0.25, -0.2) is 4.79 Å². The maximum absolute atomic E-state index is 11.9. The minimum atomic E-state index is -0.818. The molecule has 3 N–H and O–H groups in total. The molecule has 2 atom stereocenters. The molecular formula is C31H49NO4. The second-order valence-corrected chi connectivity index (χ2v) is 12.0. The van der Waals surface area contributed by atoms with Crippen molar-refractivity contribution >= 4 is 5.97 Å². The van der Waals surface area contributed by atoms with Gasteiger partial charge in [0.15, 0.2) is 0 Å². The SMILES string of the molecule is CCCCCCCCC(C)(C)c1cc(OCCCCN)c2c(c1)OC(C)(C)[C@@H]1CC=C(C(=O)O)C[C@@H]21. The molecule has 202 valence electrons. The lowest BCUT2D eigenvalue weighted by molar-refractivity contribution is -0.133. The van der Waals surface area contributed by atoms with Crippen LogP contribution in [0.25, 0.3) is 0 Å². The topological polar surface area (TPSA) is 81.8 Å². The zero-order valence-corrected chi connectivity index (χ0v) is 23.3. The maximum atomic E-state index is 11.9. The van der Waals surface area contributed by atoms with Crippen molar-refractivity contribution in [2.75, 3.05) is 13.2 Å². The Labute approximate surface area is 218 Å². The molecular weight excluding hydrogens is 450 g/mol. The first-order valence-corrected chi connectivity index (χ1v) is 14.2. The first-order valence-electron chi connectivity index (χ1n) is 14.2. The minimum absolute atomic E-state index is 0.00179. The molecule has 0 saturated carbocycles. The monoisotopic (exact) mass is 499 g/mol. The van der Waals surface area contributed by atoms with Gasteiger partial charge < -0.3 is 20.3 Å². The number of benzene rings is 1. The Balaban J connectivity index is 1.93. The van der Waals surface area contributed by atoms with Crippen molar-refractivity contribution in [2.24, 2.45) is 11.7 Å². The third-order valence-corrected chi connectivity index (χ3v) is 8.35. The van der Waals surface area contributed by atoms with Crippen LogP contribution >= 0.6 is 0 Å². The molecule has 0 unspecified atom stereocenters. The number of carboxylic acids is 1. The van der Waals surface area contributed by atoms with Gasteiger partial charge in [0.1, 0.15) is 17.1 Å². The lowest BCUT2D eigenvalue weighted by Gasteiger charge is -2.47. The van der Waals surface area contributed by atoms with E-state index in [1.807, 2.05) is 6.08 Å². The van der Waals surface area contributed by atoms with Crippen LogP contribution in [0.5, 0.6) is 11.5 Å². The third-order valence-electron chi connectivity index (χ3n) is 8.35. The van der Waals surface area contributed by atoms with Gasteiger partial charge in [-0.2, -0.15) is 0 Å². The number of hydrogen-bond donors (Lipinski definition) is 2. The van der Waals surface area contributed by atoms with Crippen molar-refractivity contribution in [2.45, 2.75) is 122 Å². The molecule has 1 aliphatic carbocycles. The fourth-order valence-corrected chi connectivity index (χ4v) is 5.98. The molecule has 0 aromatic heterocycles. The Kier molecular flexibility index (Phi) is 9.91. The largest absolute Gasteiger partial charge is 0.493 e. The molecule has 1 aliphatic heterocycles. The van der Waals surface area contributed by atoms with E-state index in [2.05, 4.69) is 46.8 Å². The third kappa shape index (κ3) is 6.85. The first kappa shape index (κ1) is 28.6. The van der Waals surface area contributed by atoms with Crippen LogP contribution in [0, 0.1) is 5.92 Å². The average Bonchev–Trinajstić information content (AvgIpc) is 2.83. The lowest BCUT2D eigenvalue weighted by atomic mass is 9.66. The highest BCUT2D eigenvalue weighted by molar-refractivity contribution is 5.87. The molecule has 1 aromatic rings. The quantitative estimate of drug-likeness (QED) is 0.259. The van der Waals surface area contributed by atoms with Crippen LogP contribution in [0.15, 0.2) is 23.8 Å². The van der Waals surface area contributed by atoms with Crippen LogP contribution in [0.2, 0.25) is 0 Å². The van der Waals surface area contributed by atoms with E-state index < -0.39 is 5.97 Å². The molecule has 1 aromatic carbocycles. The minimum Gasteiger partial charge on any atom is -0.493 e. The number of carbonyl (C=O) groups is 1. The highest BCUT2D eigenvalue weighted by atomic mass is 16.5. The van der Waals surface area contributed by atoms with Crippen LogP contribution in [0.3, 0.4) is 0 Å². The van der Waals surface area contributed by atoms with E-state index in [1.165, 1.54) is 44.1 Å². The summed E-state index contributed by atoms with van der Waals surface area (Å²) in [5.74, 6) is 1.20. The fourth-order valence-electron chi connectivity index (χ4n) is 5.98. The molecule has 3 rings (SSSR count). The first-order chi connectivity index (χ1) is 17.1. The van der Waals surface area contributed by atoms with E-state index in [4.69, 9.17) is 15.2 Å². The normalized spacial score (nSPS) is 20.7.